The Balaban J connectivity index is 1.84. The first kappa shape index (κ1) is 16.3. The predicted molar refractivity (Wildman–Crippen MR) is 94.5 cm³/mol. The second kappa shape index (κ2) is 5.67. The molecule has 6 heteroatoms. The normalized spacial score (nSPS) is 23.7. The van der Waals surface area contributed by atoms with Gasteiger partial charge in [0.2, 0.25) is 5.91 Å². The van der Waals surface area contributed by atoms with Gasteiger partial charge in [-0.05, 0) is 30.7 Å². The van der Waals surface area contributed by atoms with Gasteiger partial charge in [0.05, 0.1) is 23.2 Å². The molecule has 2 aromatic rings. The highest BCUT2D eigenvalue weighted by molar-refractivity contribution is 6.08. The number of carbonyl (C=O) groups excluding carboxylic acids is 2. The van der Waals surface area contributed by atoms with Crippen LogP contribution in [0.5, 0.6) is 0 Å². The molecule has 0 aromatic heterocycles. The third-order valence-corrected chi connectivity index (χ3v) is 5.34. The van der Waals surface area contributed by atoms with Crippen molar-refractivity contribution in [1.82, 2.24) is 0 Å². The van der Waals surface area contributed by atoms with Crippen molar-refractivity contribution < 1.29 is 14.0 Å². The Hall–Kier alpha value is -3.20. The van der Waals surface area contributed by atoms with Gasteiger partial charge in [-0.1, -0.05) is 24.3 Å². The van der Waals surface area contributed by atoms with Crippen LogP contribution in [0.25, 0.3) is 0 Å². The summed E-state index contributed by atoms with van der Waals surface area (Å²) >= 11 is 0. The number of nitrogens with one attached hydrogen (secondary N) is 1. The number of nitrogens with zero attached hydrogens (tertiary/aromatic N) is 2. The Kier molecular flexibility index (Phi) is 3.55. The fourth-order valence-electron chi connectivity index (χ4n) is 4.15. The summed E-state index contributed by atoms with van der Waals surface area (Å²) in [5.41, 5.74) is 0.872. The largest absolute Gasteiger partial charge is 0.368 e. The zero-order valence-electron chi connectivity index (χ0n) is 14.1. The lowest BCUT2D eigenvalue weighted by molar-refractivity contribution is -0.120. The first-order valence-corrected chi connectivity index (χ1v) is 8.34. The lowest BCUT2D eigenvalue weighted by Crippen LogP contribution is -2.42. The van der Waals surface area contributed by atoms with E-state index in [1.54, 1.807) is 11.0 Å². The topological polar surface area (TPSA) is 73.2 Å². The molecule has 2 heterocycles. The molecule has 1 saturated heterocycles. The van der Waals surface area contributed by atoms with Crippen LogP contribution in [0.3, 0.4) is 0 Å². The zero-order chi connectivity index (χ0) is 18.5. The van der Waals surface area contributed by atoms with Gasteiger partial charge in [0.25, 0.3) is 0 Å². The van der Waals surface area contributed by atoms with Crippen LogP contribution in [0, 0.1) is 23.1 Å². The molecule has 130 valence electrons. The van der Waals surface area contributed by atoms with Gasteiger partial charge in [-0.2, -0.15) is 5.26 Å². The second-order valence-corrected chi connectivity index (χ2v) is 6.72. The van der Waals surface area contributed by atoms with Crippen molar-refractivity contribution in [2.45, 2.75) is 12.3 Å². The molecule has 26 heavy (non-hydrogen) atoms. The van der Waals surface area contributed by atoms with Crippen LogP contribution < -0.4 is 10.2 Å². The van der Waals surface area contributed by atoms with Crippen LogP contribution >= 0.6 is 0 Å². The monoisotopic (exact) mass is 349 g/mol. The molecule has 0 radical (unpaired) electrons. The first-order chi connectivity index (χ1) is 12.5. The van der Waals surface area contributed by atoms with E-state index in [-0.39, 0.29) is 30.3 Å². The van der Waals surface area contributed by atoms with Crippen LogP contribution in [-0.4, -0.2) is 24.8 Å². The van der Waals surface area contributed by atoms with Crippen LogP contribution in [0.1, 0.15) is 22.8 Å². The minimum atomic E-state index is -1.02. The fraction of sp³-hybridized carbons (Fsp3) is 0.250. The number of halogens is 1. The molecule has 1 N–H and O–H groups in total. The highest BCUT2D eigenvalue weighted by atomic mass is 19.1. The first-order valence-electron chi connectivity index (χ1n) is 8.34. The van der Waals surface area contributed by atoms with Crippen molar-refractivity contribution in [2.24, 2.45) is 5.92 Å². The van der Waals surface area contributed by atoms with E-state index in [0.717, 1.165) is 5.56 Å². The molecular formula is C20H16FN3O2. The summed E-state index contributed by atoms with van der Waals surface area (Å²) in [6.45, 7) is 1.78. The quantitative estimate of drug-likeness (QED) is 0.846. The fourth-order valence-corrected chi connectivity index (χ4v) is 4.15. The zero-order valence-corrected chi connectivity index (χ0v) is 14.1. The molecule has 1 spiro atoms. The molecular weight excluding hydrogens is 333 g/mol. The summed E-state index contributed by atoms with van der Waals surface area (Å²) in [5, 5.41) is 12.6. The summed E-state index contributed by atoms with van der Waals surface area (Å²) in [5.74, 6) is -1.81. The van der Waals surface area contributed by atoms with Crippen molar-refractivity contribution in [3.63, 3.8) is 0 Å². The lowest BCUT2D eigenvalue weighted by atomic mass is 9.74. The molecule has 4 rings (SSSR count). The molecule has 2 aromatic carbocycles. The molecule has 1 fully saturated rings. The van der Waals surface area contributed by atoms with Gasteiger partial charge >= 0.3 is 0 Å². The number of ketones is 1. The molecule has 1 amide bonds. The number of fused-ring (bicyclic) bond motifs is 2. The van der Waals surface area contributed by atoms with E-state index < -0.39 is 17.2 Å². The van der Waals surface area contributed by atoms with Gasteiger partial charge in [0, 0.05) is 18.8 Å². The minimum absolute atomic E-state index is 0.00655. The predicted octanol–water partition coefficient (Wildman–Crippen LogP) is 2.88. The SMILES string of the molecule is CC(=O)c1c(F)cccc1N1CC(C#N)C2(C1)C(=O)Nc1ccccc12. The average molecular weight is 349 g/mol. The van der Waals surface area contributed by atoms with Gasteiger partial charge < -0.3 is 10.2 Å². The molecule has 2 aliphatic rings. The number of nitriles is 1. The van der Waals surface area contributed by atoms with E-state index in [4.69, 9.17) is 0 Å². The molecule has 2 aliphatic heterocycles. The number of hydrogen-bond acceptors (Lipinski definition) is 4. The summed E-state index contributed by atoms with van der Waals surface area (Å²) in [7, 11) is 0. The van der Waals surface area contributed by atoms with Crippen LogP contribution in [0.2, 0.25) is 0 Å². The van der Waals surface area contributed by atoms with Crippen LogP contribution in [-0.2, 0) is 10.2 Å². The molecule has 2 unspecified atom stereocenters. The number of anilines is 2. The highest BCUT2D eigenvalue weighted by Crippen LogP contribution is 2.48. The molecule has 0 bridgehead atoms. The average Bonchev–Trinajstić information content (AvgIpc) is 3.14. The van der Waals surface area contributed by atoms with Gasteiger partial charge in [0.15, 0.2) is 5.78 Å². The molecule has 0 aliphatic carbocycles. The number of amides is 1. The number of benzene rings is 2. The van der Waals surface area contributed by atoms with E-state index >= 15 is 0 Å². The van der Waals surface area contributed by atoms with Crippen molar-refractivity contribution >= 4 is 23.1 Å². The number of Topliss-reactive ketones (excluding diaryl/α,β-unsaturated/α-hetero) is 1. The van der Waals surface area contributed by atoms with E-state index in [9.17, 15) is 19.2 Å². The van der Waals surface area contributed by atoms with Crippen molar-refractivity contribution in [2.75, 3.05) is 23.3 Å². The Morgan fingerprint density at radius 3 is 2.81 bits per heavy atom. The number of carbonyl (C=O) groups is 2. The van der Waals surface area contributed by atoms with Gasteiger partial charge in [-0.25, -0.2) is 4.39 Å². The maximum Gasteiger partial charge on any atom is 0.238 e. The summed E-state index contributed by atoms with van der Waals surface area (Å²) in [6, 6.07) is 14.0. The van der Waals surface area contributed by atoms with Crippen molar-refractivity contribution in [1.29, 1.82) is 5.26 Å². The Labute approximate surface area is 150 Å². The number of para-hydroxylation sites is 1. The van der Waals surface area contributed by atoms with Crippen LogP contribution in [0.4, 0.5) is 15.8 Å². The van der Waals surface area contributed by atoms with Crippen molar-refractivity contribution in [3.8, 4) is 6.07 Å². The molecule has 5 nitrogen and oxygen atoms in total. The van der Waals surface area contributed by atoms with Crippen LogP contribution in [0.15, 0.2) is 42.5 Å². The maximum absolute atomic E-state index is 14.2. The Bertz CT molecular complexity index is 981. The summed E-state index contributed by atoms with van der Waals surface area (Å²) in [6.07, 6.45) is 0. The second-order valence-electron chi connectivity index (χ2n) is 6.72. The molecule has 0 saturated carbocycles. The van der Waals surface area contributed by atoms with Gasteiger partial charge in [-0.3, -0.25) is 9.59 Å². The minimum Gasteiger partial charge on any atom is -0.368 e. The Morgan fingerprint density at radius 2 is 2.08 bits per heavy atom. The van der Waals surface area contributed by atoms with Gasteiger partial charge in [-0.15, -0.1) is 0 Å². The summed E-state index contributed by atoms with van der Waals surface area (Å²) < 4.78 is 14.2. The van der Waals surface area contributed by atoms with E-state index in [2.05, 4.69) is 11.4 Å². The van der Waals surface area contributed by atoms with Crippen molar-refractivity contribution in [3.05, 3.63) is 59.4 Å². The van der Waals surface area contributed by atoms with E-state index in [1.807, 2.05) is 24.3 Å². The van der Waals surface area contributed by atoms with Gasteiger partial charge in [0.1, 0.15) is 11.2 Å². The highest BCUT2D eigenvalue weighted by Gasteiger charge is 2.58. The summed E-state index contributed by atoms with van der Waals surface area (Å²) in [4.78, 5) is 26.6. The standard InChI is InChI=1S/C20H16FN3O2/c1-12(25)18-15(21)6-4-8-17(18)24-10-13(9-22)20(11-24)14-5-2-3-7-16(14)23-19(20)26/h2-8,13H,10-11H2,1H3,(H,23,26). The third-order valence-electron chi connectivity index (χ3n) is 5.34. The maximum atomic E-state index is 14.2. The Morgan fingerprint density at radius 1 is 1.31 bits per heavy atom. The number of hydrogen-bond donors (Lipinski definition) is 1. The smallest absolute Gasteiger partial charge is 0.238 e. The third kappa shape index (κ3) is 2.07. The van der Waals surface area contributed by atoms with E-state index in [1.165, 1.54) is 19.1 Å². The number of rotatable bonds is 2. The molecule has 2 atom stereocenters. The van der Waals surface area contributed by atoms with E-state index in [0.29, 0.717) is 11.4 Å². The lowest BCUT2D eigenvalue weighted by Gasteiger charge is -2.25.